The fourth-order valence-electron chi connectivity index (χ4n) is 3.03. The van der Waals surface area contributed by atoms with E-state index in [1.54, 1.807) is 12.1 Å². The van der Waals surface area contributed by atoms with Gasteiger partial charge in [0.05, 0.1) is 10.4 Å². The smallest absolute Gasteiger partial charge is 0.251 e. The Morgan fingerprint density at radius 3 is 2.48 bits per heavy atom. The predicted octanol–water partition coefficient (Wildman–Crippen LogP) is 2.02. The van der Waals surface area contributed by atoms with Gasteiger partial charge in [-0.15, -0.1) is 0 Å². The minimum Gasteiger partial charge on any atom is -0.345 e. The summed E-state index contributed by atoms with van der Waals surface area (Å²) in [6.45, 7) is 2.47. The maximum atomic E-state index is 12.6. The van der Waals surface area contributed by atoms with Gasteiger partial charge in [-0.05, 0) is 49.4 Å². The molecule has 6 nitrogen and oxygen atoms in total. The van der Waals surface area contributed by atoms with Crippen LogP contribution in [-0.4, -0.2) is 26.4 Å². The first-order chi connectivity index (χ1) is 12.8. The van der Waals surface area contributed by atoms with Crippen LogP contribution in [0.2, 0.25) is 0 Å². The number of nitrogens with one attached hydrogen (secondary N) is 2. The molecule has 1 saturated carbocycles. The third-order valence-electron chi connectivity index (χ3n) is 5.02. The van der Waals surface area contributed by atoms with E-state index in [4.69, 9.17) is 5.73 Å². The molecule has 1 fully saturated rings. The molecule has 1 aliphatic rings. The molecule has 0 radical (unpaired) electrons. The maximum absolute atomic E-state index is 12.6. The Balaban J connectivity index is 1.73. The fraction of sp³-hybridized carbons (Fsp3) is 0.350. The van der Waals surface area contributed by atoms with Crippen LogP contribution in [-0.2, 0) is 16.6 Å². The summed E-state index contributed by atoms with van der Waals surface area (Å²) in [4.78, 5) is 12.7. The number of carbonyl (C=O) groups excluding carboxylic acids is 1. The van der Waals surface area contributed by atoms with Crippen molar-refractivity contribution in [3.05, 3.63) is 65.7 Å². The van der Waals surface area contributed by atoms with Gasteiger partial charge < -0.3 is 11.1 Å². The molecule has 1 aliphatic carbocycles. The summed E-state index contributed by atoms with van der Waals surface area (Å²) in [5, 5.41) is 2.98. The highest BCUT2D eigenvalue weighted by Crippen LogP contribution is 2.39. The van der Waals surface area contributed by atoms with Crippen molar-refractivity contribution in [3.63, 3.8) is 0 Å². The summed E-state index contributed by atoms with van der Waals surface area (Å²) >= 11 is 0. The molecule has 0 spiro atoms. The first-order valence-electron chi connectivity index (χ1n) is 9.00. The minimum atomic E-state index is -3.72. The Kier molecular flexibility index (Phi) is 5.64. The Hall–Kier alpha value is -2.22. The van der Waals surface area contributed by atoms with Crippen molar-refractivity contribution in [1.82, 2.24) is 10.0 Å². The normalized spacial score (nSPS) is 16.5. The van der Waals surface area contributed by atoms with Gasteiger partial charge in [0.25, 0.3) is 5.91 Å². The molecule has 1 unspecified atom stereocenters. The van der Waals surface area contributed by atoms with Crippen LogP contribution in [0.25, 0.3) is 0 Å². The Bertz CT molecular complexity index is 911. The molecular weight excluding hydrogens is 362 g/mol. The number of rotatable bonds is 8. The first-order valence-corrected chi connectivity index (χ1v) is 10.5. The van der Waals surface area contributed by atoms with E-state index < -0.39 is 15.6 Å². The average molecular weight is 388 g/mol. The molecule has 7 heteroatoms. The standard InChI is InChI=1S/C20H25N3O3S/c1-20(14-21,17-10-11-17)23-19(24)16-8-5-9-18(12-16)27(25,26)22-13-15-6-3-2-4-7-15/h2-9,12,17,22H,10-11,13-14,21H2,1H3,(H,23,24). The summed E-state index contributed by atoms with van der Waals surface area (Å²) in [7, 11) is -3.72. The van der Waals surface area contributed by atoms with Crippen molar-refractivity contribution in [2.75, 3.05) is 6.54 Å². The van der Waals surface area contributed by atoms with Crippen LogP contribution in [0.4, 0.5) is 0 Å². The Morgan fingerprint density at radius 2 is 1.85 bits per heavy atom. The largest absolute Gasteiger partial charge is 0.345 e. The van der Waals surface area contributed by atoms with Crippen LogP contribution < -0.4 is 15.8 Å². The lowest BCUT2D eigenvalue weighted by Crippen LogP contribution is -2.53. The van der Waals surface area contributed by atoms with E-state index >= 15 is 0 Å². The van der Waals surface area contributed by atoms with E-state index in [1.165, 1.54) is 12.1 Å². The molecule has 0 saturated heterocycles. The zero-order valence-electron chi connectivity index (χ0n) is 15.3. The van der Waals surface area contributed by atoms with E-state index in [0.717, 1.165) is 18.4 Å². The molecule has 144 valence electrons. The quantitative estimate of drug-likeness (QED) is 0.645. The van der Waals surface area contributed by atoms with Crippen LogP contribution in [0.1, 0.15) is 35.7 Å². The van der Waals surface area contributed by atoms with Gasteiger partial charge in [-0.3, -0.25) is 4.79 Å². The van der Waals surface area contributed by atoms with Crippen LogP contribution in [0, 0.1) is 5.92 Å². The molecule has 1 atom stereocenters. The molecule has 1 amide bonds. The molecule has 0 bridgehead atoms. The van der Waals surface area contributed by atoms with Gasteiger partial charge in [-0.2, -0.15) is 0 Å². The number of hydrogen-bond acceptors (Lipinski definition) is 4. The molecule has 2 aromatic carbocycles. The lowest BCUT2D eigenvalue weighted by Gasteiger charge is -2.29. The zero-order chi connectivity index (χ0) is 19.5. The summed E-state index contributed by atoms with van der Waals surface area (Å²) < 4.78 is 27.7. The average Bonchev–Trinajstić information content (AvgIpc) is 3.53. The van der Waals surface area contributed by atoms with Gasteiger partial charge in [0.15, 0.2) is 0 Å². The summed E-state index contributed by atoms with van der Waals surface area (Å²) in [6, 6.07) is 15.3. The Morgan fingerprint density at radius 1 is 1.15 bits per heavy atom. The van der Waals surface area contributed by atoms with Crippen LogP contribution in [0.5, 0.6) is 0 Å². The van der Waals surface area contributed by atoms with Crippen molar-refractivity contribution in [2.45, 2.75) is 36.7 Å². The van der Waals surface area contributed by atoms with Crippen molar-refractivity contribution >= 4 is 15.9 Å². The number of amides is 1. The first kappa shape index (κ1) is 19.5. The predicted molar refractivity (Wildman–Crippen MR) is 105 cm³/mol. The van der Waals surface area contributed by atoms with Crippen LogP contribution in [0.15, 0.2) is 59.5 Å². The number of nitrogens with two attached hydrogens (primary N) is 1. The van der Waals surface area contributed by atoms with E-state index in [9.17, 15) is 13.2 Å². The topological polar surface area (TPSA) is 101 Å². The summed E-state index contributed by atoms with van der Waals surface area (Å²) in [5.41, 5.74) is 6.55. The molecule has 2 aromatic rings. The molecule has 3 rings (SSSR count). The molecule has 0 aliphatic heterocycles. The molecular formula is C20H25N3O3S. The number of sulfonamides is 1. The Labute approximate surface area is 160 Å². The molecule has 0 heterocycles. The van der Waals surface area contributed by atoms with Gasteiger partial charge in [-0.25, -0.2) is 13.1 Å². The zero-order valence-corrected chi connectivity index (χ0v) is 16.1. The highest BCUT2D eigenvalue weighted by molar-refractivity contribution is 7.89. The monoisotopic (exact) mass is 387 g/mol. The number of benzene rings is 2. The van der Waals surface area contributed by atoms with E-state index in [0.29, 0.717) is 18.0 Å². The van der Waals surface area contributed by atoms with Gasteiger partial charge in [0.2, 0.25) is 10.0 Å². The second kappa shape index (κ2) is 7.80. The van der Waals surface area contributed by atoms with Gasteiger partial charge in [0, 0.05) is 18.7 Å². The van der Waals surface area contributed by atoms with Crippen molar-refractivity contribution < 1.29 is 13.2 Å². The highest BCUT2D eigenvalue weighted by Gasteiger charge is 2.41. The highest BCUT2D eigenvalue weighted by atomic mass is 32.2. The second-order valence-electron chi connectivity index (χ2n) is 7.19. The van der Waals surface area contributed by atoms with Crippen molar-refractivity contribution in [1.29, 1.82) is 0 Å². The summed E-state index contributed by atoms with van der Waals surface area (Å²) in [6.07, 6.45) is 2.09. The van der Waals surface area contributed by atoms with E-state index in [-0.39, 0.29) is 17.3 Å². The molecule has 27 heavy (non-hydrogen) atoms. The van der Waals surface area contributed by atoms with E-state index in [1.807, 2.05) is 37.3 Å². The number of carbonyl (C=O) groups is 1. The lowest BCUT2D eigenvalue weighted by molar-refractivity contribution is 0.0897. The third-order valence-corrected chi connectivity index (χ3v) is 6.42. The molecule has 4 N–H and O–H groups in total. The fourth-order valence-corrected chi connectivity index (χ4v) is 4.10. The van der Waals surface area contributed by atoms with Crippen LogP contribution >= 0.6 is 0 Å². The van der Waals surface area contributed by atoms with Crippen molar-refractivity contribution in [3.8, 4) is 0 Å². The lowest BCUT2D eigenvalue weighted by atomic mass is 9.95. The van der Waals surface area contributed by atoms with E-state index in [2.05, 4.69) is 10.0 Å². The van der Waals surface area contributed by atoms with Gasteiger partial charge in [0.1, 0.15) is 0 Å². The molecule has 0 aromatic heterocycles. The number of hydrogen-bond donors (Lipinski definition) is 3. The maximum Gasteiger partial charge on any atom is 0.251 e. The third kappa shape index (κ3) is 4.74. The van der Waals surface area contributed by atoms with Gasteiger partial charge in [-0.1, -0.05) is 36.4 Å². The minimum absolute atomic E-state index is 0.0620. The SMILES string of the molecule is CC(CN)(NC(=O)c1cccc(S(=O)(=O)NCc2ccccc2)c1)C1CC1. The van der Waals surface area contributed by atoms with Crippen LogP contribution in [0.3, 0.4) is 0 Å². The van der Waals surface area contributed by atoms with Crippen molar-refractivity contribution in [2.24, 2.45) is 11.7 Å². The summed E-state index contributed by atoms with van der Waals surface area (Å²) in [5.74, 6) is 0.0702. The second-order valence-corrected chi connectivity index (χ2v) is 8.95. The van der Waals surface area contributed by atoms with Gasteiger partial charge >= 0.3 is 0 Å².